The molecule has 2 N–H and O–H groups in total. The maximum atomic E-state index is 10.8. The van der Waals surface area contributed by atoms with Crippen LogP contribution in [0.2, 0.25) is 0 Å². The van der Waals surface area contributed by atoms with Gasteiger partial charge in [0.1, 0.15) is 5.75 Å². The molecule has 0 saturated heterocycles. The third-order valence-corrected chi connectivity index (χ3v) is 5.24. The molecule has 0 atom stereocenters. The van der Waals surface area contributed by atoms with E-state index in [1.165, 1.54) is 0 Å². The van der Waals surface area contributed by atoms with Gasteiger partial charge in [-0.25, -0.2) is 0 Å². The lowest BCUT2D eigenvalue weighted by atomic mass is 9.87. The fourth-order valence-corrected chi connectivity index (χ4v) is 4.16. The van der Waals surface area contributed by atoms with Gasteiger partial charge < -0.3 is 24.6 Å². The van der Waals surface area contributed by atoms with E-state index < -0.39 is 0 Å². The number of aromatic hydroxyl groups is 2. The predicted molar refractivity (Wildman–Crippen MR) is 99.6 cm³/mol. The number of ether oxygens (including phenoxy) is 2. The van der Waals surface area contributed by atoms with Crippen LogP contribution in [-0.2, 0) is 6.42 Å². The van der Waals surface area contributed by atoms with Crippen LogP contribution < -0.4 is 14.4 Å². The van der Waals surface area contributed by atoms with Gasteiger partial charge in [-0.15, -0.1) is 0 Å². The molecule has 5 heteroatoms. The molecule has 0 aliphatic carbocycles. The van der Waals surface area contributed by atoms with Crippen molar-refractivity contribution in [3.05, 3.63) is 29.3 Å². The largest absolute Gasteiger partial charge is 0.508 e. The minimum Gasteiger partial charge on any atom is -0.508 e. The Morgan fingerprint density at radius 3 is 2.40 bits per heavy atom. The first-order valence-corrected chi connectivity index (χ1v) is 8.25. The summed E-state index contributed by atoms with van der Waals surface area (Å²) in [5.74, 6) is 1.14. The van der Waals surface area contributed by atoms with E-state index in [-0.39, 0.29) is 11.5 Å². The first-order chi connectivity index (χ1) is 12.0. The molecule has 130 valence electrons. The molecule has 0 spiro atoms. The van der Waals surface area contributed by atoms with Gasteiger partial charge in [0.05, 0.1) is 14.2 Å². The molecule has 4 rings (SSSR count). The number of methoxy groups -OCH3 is 2. The number of likely N-dealkylation sites (N-methyl/N-ethyl adjacent to an activating group) is 1. The van der Waals surface area contributed by atoms with Crippen molar-refractivity contribution in [1.29, 1.82) is 0 Å². The summed E-state index contributed by atoms with van der Waals surface area (Å²) < 4.78 is 11.1. The van der Waals surface area contributed by atoms with Crippen molar-refractivity contribution in [1.82, 2.24) is 0 Å². The van der Waals surface area contributed by atoms with Crippen LogP contribution in [0.15, 0.2) is 18.2 Å². The van der Waals surface area contributed by atoms with Crippen molar-refractivity contribution < 1.29 is 19.7 Å². The van der Waals surface area contributed by atoms with Crippen molar-refractivity contribution in [3.8, 4) is 23.0 Å². The Balaban J connectivity index is 2.37. The Bertz CT molecular complexity index is 1030. The zero-order chi connectivity index (χ0) is 17.9. The number of hydrogen-bond acceptors (Lipinski definition) is 5. The second-order valence-corrected chi connectivity index (χ2v) is 6.52. The number of phenols is 2. The first kappa shape index (κ1) is 15.7. The highest BCUT2D eigenvalue weighted by Crippen LogP contribution is 2.53. The van der Waals surface area contributed by atoms with Crippen LogP contribution in [0.4, 0.5) is 5.69 Å². The number of anilines is 1. The molecule has 3 aromatic carbocycles. The molecule has 0 saturated carbocycles. The summed E-state index contributed by atoms with van der Waals surface area (Å²) >= 11 is 0. The van der Waals surface area contributed by atoms with Gasteiger partial charge in [0.2, 0.25) is 5.75 Å². The first-order valence-electron chi connectivity index (χ1n) is 8.25. The average Bonchev–Trinajstić information content (AvgIpc) is 2.60. The predicted octanol–water partition coefficient (Wildman–Crippen LogP) is 3.72. The highest BCUT2D eigenvalue weighted by atomic mass is 16.5. The molecule has 0 radical (unpaired) electrons. The monoisotopic (exact) mass is 339 g/mol. The molecule has 0 fully saturated rings. The smallest absolute Gasteiger partial charge is 0.201 e. The summed E-state index contributed by atoms with van der Waals surface area (Å²) in [6, 6.07) is 5.31. The molecular weight excluding hydrogens is 318 g/mol. The fraction of sp³-hybridized carbons (Fsp3) is 0.300. The van der Waals surface area contributed by atoms with Crippen LogP contribution in [0.5, 0.6) is 23.0 Å². The van der Waals surface area contributed by atoms with Gasteiger partial charge in [0, 0.05) is 35.6 Å². The van der Waals surface area contributed by atoms with Gasteiger partial charge in [-0.05, 0) is 47.9 Å². The van der Waals surface area contributed by atoms with Crippen molar-refractivity contribution >= 4 is 27.2 Å². The van der Waals surface area contributed by atoms with Crippen LogP contribution in [-0.4, -0.2) is 38.0 Å². The fourth-order valence-electron chi connectivity index (χ4n) is 4.16. The maximum Gasteiger partial charge on any atom is 0.201 e. The van der Waals surface area contributed by atoms with Gasteiger partial charge in [0.15, 0.2) is 11.5 Å². The summed E-state index contributed by atoms with van der Waals surface area (Å²) in [4.78, 5) is 2.21. The normalized spacial score (nSPS) is 13.5. The van der Waals surface area contributed by atoms with E-state index in [9.17, 15) is 10.2 Å². The number of phenolic OH excluding ortho intramolecular Hbond substituents is 2. The van der Waals surface area contributed by atoms with Crippen LogP contribution >= 0.6 is 0 Å². The van der Waals surface area contributed by atoms with Crippen molar-refractivity contribution in [3.63, 3.8) is 0 Å². The van der Waals surface area contributed by atoms with E-state index in [2.05, 4.69) is 18.9 Å². The average molecular weight is 339 g/mol. The Labute approximate surface area is 146 Å². The van der Waals surface area contributed by atoms with Crippen LogP contribution in [0.25, 0.3) is 21.5 Å². The zero-order valence-corrected chi connectivity index (χ0v) is 14.8. The lowest BCUT2D eigenvalue weighted by molar-refractivity contribution is 0.340. The molecule has 3 aromatic rings. The van der Waals surface area contributed by atoms with Gasteiger partial charge in [-0.3, -0.25) is 0 Å². The van der Waals surface area contributed by atoms with E-state index >= 15 is 0 Å². The van der Waals surface area contributed by atoms with E-state index in [0.717, 1.165) is 51.3 Å². The van der Waals surface area contributed by atoms with E-state index in [0.29, 0.717) is 11.5 Å². The summed E-state index contributed by atoms with van der Waals surface area (Å²) in [6.07, 6.45) is 0.782. The Kier molecular flexibility index (Phi) is 3.35. The molecule has 0 unspecified atom stereocenters. The number of nitrogens with zero attached hydrogens (tertiary/aromatic N) is 1. The number of aryl methyl sites for hydroxylation is 1. The minimum atomic E-state index is 0.0289. The topological polar surface area (TPSA) is 62.2 Å². The highest BCUT2D eigenvalue weighted by Gasteiger charge is 2.29. The molecular formula is C20H21NO4. The molecule has 0 aromatic heterocycles. The summed E-state index contributed by atoms with van der Waals surface area (Å²) in [7, 11) is 5.18. The van der Waals surface area contributed by atoms with Crippen molar-refractivity contribution in [2.24, 2.45) is 0 Å². The quantitative estimate of drug-likeness (QED) is 0.697. The lowest BCUT2D eigenvalue weighted by Crippen LogP contribution is -2.26. The third kappa shape index (κ3) is 1.95. The number of fused-ring (bicyclic) bond motifs is 2. The van der Waals surface area contributed by atoms with Crippen LogP contribution in [0.1, 0.15) is 11.1 Å². The Morgan fingerprint density at radius 1 is 1.00 bits per heavy atom. The molecule has 1 aliphatic heterocycles. The second-order valence-electron chi connectivity index (χ2n) is 6.52. The van der Waals surface area contributed by atoms with E-state index in [4.69, 9.17) is 9.47 Å². The molecule has 5 nitrogen and oxygen atoms in total. The number of benzene rings is 3. The van der Waals surface area contributed by atoms with Crippen LogP contribution in [0.3, 0.4) is 0 Å². The number of hydrogen-bond donors (Lipinski definition) is 2. The maximum absolute atomic E-state index is 10.8. The third-order valence-electron chi connectivity index (χ3n) is 5.24. The van der Waals surface area contributed by atoms with Crippen molar-refractivity contribution in [2.45, 2.75) is 13.3 Å². The molecule has 25 heavy (non-hydrogen) atoms. The summed E-state index contributed by atoms with van der Waals surface area (Å²) in [5, 5.41) is 24.5. The standard InChI is InChI=1S/C20H21NO4/c1-10-14-9-11(22)5-6-12(14)16-15-13(7-8-21(2)17(10)15)19(24-3)18(23)20(16)25-4/h5-6,9,22-23H,7-8H2,1-4H3. The molecule has 0 amide bonds. The van der Waals surface area contributed by atoms with Crippen molar-refractivity contribution in [2.75, 3.05) is 32.7 Å². The SMILES string of the molecule is COc1c(O)c(OC)c2c3c1CCN(C)c3c(C)c1cc(O)ccc12. The zero-order valence-electron chi connectivity index (χ0n) is 14.8. The van der Waals surface area contributed by atoms with Gasteiger partial charge >= 0.3 is 0 Å². The van der Waals surface area contributed by atoms with E-state index in [1.54, 1.807) is 26.4 Å². The Morgan fingerprint density at radius 2 is 1.72 bits per heavy atom. The summed E-state index contributed by atoms with van der Waals surface area (Å²) in [5.41, 5.74) is 3.18. The molecule has 1 aliphatic rings. The van der Waals surface area contributed by atoms with Gasteiger partial charge in [-0.2, -0.15) is 0 Å². The number of rotatable bonds is 2. The lowest BCUT2D eigenvalue weighted by Gasteiger charge is -2.32. The van der Waals surface area contributed by atoms with Gasteiger partial charge in [-0.1, -0.05) is 0 Å². The molecule has 0 bridgehead atoms. The highest BCUT2D eigenvalue weighted by molar-refractivity contribution is 6.20. The Hall–Kier alpha value is -2.82. The van der Waals surface area contributed by atoms with Gasteiger partial charge in [0.25, 0.3) is 0 Å². The van der Waals surface area contributed by atoms with E-state index in [1.807, 2.05) is 6.07 Å². The van der Waals surface area contributed by atoms with Crippen LogP contribution in [0, 0.1) is 6.92 Å². The minimum absolute atomic E-state index is 0.0289. The molecule has 1 heterocycles. The summed E-state index contributed by atoms with van der Waals surface area (Å²) in [6.45, 7) is 2.89. The second kappa shape index (κ2) is 5.34.